The third-order valence-corrected chi connectivity index (χ3v) is 4.42. The van der Waals surface area contributed by atoms with Crippen molar-refractivity contribution in [2.45, 2.75) is 33.4 Å². The highest BCUT2D eigenvalue weighted by molar-refractivity contribution is 14.0. The number of furan rings is 1. The Balaban J connectivity index is 0.00000261. The minimum Gasteiger partial charge on any atom is -0.464 e. The molecule has 0 saturated heterocycles. The van der Waals surface area contributed by atoms with Crippen LogP contribution in [0.25, 0.3) is 0 Å². The van der Waals surface area contributed by atoms with Crippen molar-refractivity contribution in [3.8, 4) is 0 Å². The van der Waals surface area contributed by atoms with E-state index < -0.39 is 0 Å². The normalized spacial score (nSPS) is 14.8. The average molecular weight is 480 g/mol. The predicted octanol–water partition coefficient (Wildman–Crippen LogP) is 4.40. The Morgan fingerprint density at radius 1 is 1.15 bits per heavy atom. The van der Waals surface area contributed by atoms with Crippen molar-refractivity contribution in [1.82, 2.24) is 10.6 Å². The van der Waals surface area contributed by atoms with Gasteiger partial charge in [-0.1, -0.05) is 24.3 Å². The Labute approximate surface area is 179 Å². The zero-order chi connectivity index (χ0) is 18.4. The predicted molar refractivity (Wildman–Crippen MR) is 123 cm³/mol. The number of halogens is 1. The van der Waals surface area contributed by atoms with Crippen LogP contribution in [0.1, 0.15) is 37.0 Å². The van der Waals surface area contributed by atoms with E-state index in [0.29, 0.717) is 6.54 Å². The molecule has 1 unspecified atom stereocenters. The molecule has 5 nitrogen and oxygen atoms in total. The first-order valence-corrected chi connectivity index (χ1v) is 9.25. The number of aryl methyl sites for hydroxylation is 1. The van der Waals surface area contributed by atoms with Gasteiger partial charge < -0.3 is 20.0 Å². The van der Waals surface area contributed by atoms with Crippen LogP contribution in [0.4, 0.5) is 5.69 Å². The van der Waals surface area contributed by atoms with Crippen LogP contribution >= 0.6 is 24.0 Å². The van der Waals surface area contributed by atoms with E-state index in [-0.39, 0.29) is 30.0 Å². The van der Waals surface area contributed by atoms with Crippen LogP contribution in [-0.4, -0.2) is 25.6 Å². The van der Waals surface area contributed by atoms with Gasteiger partial charge in [0.15, 0.2) is 5.96 Å². The molecular weight excluding hydrogens is 451 g/mol. The lowest BCUT2D eigenvalue weighted by Crippen LogP contribution is -2.38. The molecule has 0 saturated carbocycles. The van der Waals surface area contributed by atoms with Crippen molar-refractivity contribution in [3.63, 3.8) is 0 Å². The van der Waals surface area contributed by atoms with Gasteiger partial charge >= 0.3 is 0 Å². The fourth-order valence-corrected chi connectivity index (χ4v) is 2.95. The molecule has 0 radical (unpaired) electrons. The maximum absolute atomic E-state index is 5.69. The molecule has 0 bridgehead atoms. The summed E-state index contributed by atoms with van der Waals surface area (Å²) in [5.74, 6) is 2.63. The van der Waals surface area contributed by atoms with E-state index in [2.05, 4.69) is 65.8 Å². The molecule has 6 heteroatoms. The van der Waals surface area contributed by atoms with Gasteiger partial charge in [0.1, 0.15) is 11.5 Å². The lowest BCUT2D eigenvalue weighted by atomic mass is 10.2. The van der Waals surface area contributed by atoms with E-state index in [0.717, 1.165) is 37.1 Å². The Hall–Kier alpha value is -1.96. The lowest BCUT2D eigenvalue weighted by Gasteiger charge is -2.18. The highest BCUT2D eigenvalue weighted by Gasteiger charge is 2.11. The molecule has 3 rings (SSSR count). The fourth-order valence-electron chi connectivity index (χ4n) is 2.95. The molecule has 1 aliphatic rings. The maximum atomic E-state index is 5.69. The van der Waals surface area contributed by atoms with Crippen molar-refractivity contribution >= 4 is 35.6 Å². The van der Waals surface area contributed by atoms with Crippen molar-refractivity contribution in [2.24, 2.45) is 4.99 Å². The van der Waals surface area contributed by atoms with E-state index in [1.807, 2.05) is 19.1 Å². The standard InChI is InChI=1S/C21H28N4O.HI/c1-4-22-21(24-17(3)20-12-7-16(2)26-20)23-15-18-8-10-19(11-9-18)25-13-5-6-14-25;/h5-12,17H,4,13-15H2,1-3H3,(H2,22,23,24);1H. The molecule has 0 aliphatic carbocycles. The summed E-state index contributed by atoms with van der Waals surface area (Å²) in [5, 5.41) is 6.70. The summed E-state index contributed by atoms with van der Waals surface area (Å²) in [6.07, 6.45) is 4.41. The Morgan fingerprint density at radius 2 is 1.85 bits per heavy atom. The Bertz CT molecular complexity index is 759. The quantitative estimate of drug-likeness (QED) is 0.279. The van der Waals surface area contributed by atoms with Crippen LogP contribution in [-0.2, 0) is 6.54 Å². The second-order valence-corrected chi connectivity index (χ2v) is 6.55. The molecule has 0 fully saturated rings. The van der Waals surface area contributed by atoms with Crippen molar-refractivity contribution in [2.75, 3.05) is 24.5 Å². The zero-order valence-electron chi connectivity index (χ0n) is 16.2. The maximum Gasteiger partial charge on any atom is 0.192 e. The SMILES string of the molecule is CCNC(=NCc1ccc(N2CC=CC2)cc1)NC(C)c1ccc(C)o1.I. The number of nitrogens with one attached hydrogen (secondary N) is 2. The Morgan fingerprint density at radius 3 is 2.44 bits per heavy atom. The molecule has 2 N–H and O–H groups in total. The number of nitrogens with zero attached hydrogens (tertiary/aromatic N) is 2. The molecule has 2 aromatic rings. The number of aliphatic imine (C=N–C) groups is 1. The molecule has 1 aromatic carbocycles. The topological polar surface area (TPSA) is 52.8 Å². The first-order chi connectivity index (χ1) is 12.7. The van der Waals surface area contributed by atoms with Gasteiger partial charge in [-0.3, -0.25) is 0 Å². The number of hydrogen-bond acceptors (Lipinski definition) is 3. The van der Waals surface area contributed by atoms with E-state index in [9.17, 15) is 0 Å². The smallest absolute Gasteiger partial charge is 0.192 e. The third kappa shape index (κ3) is 6.02. The largest absolute Gasteiger partial charge is 0.464 e. The second-order valence-electron chi connectivity index (χ2n) is 6.55. The monoisotopic (exact) mass is 480 g/mol. The first-order valence-electron chi connectivity index (χ1n) is 9.25. The molecule has 0 spiro atoms. The molecule has 1 atom stereocenters. The highest BCUT2D eigenvalue weighted by atomic mass is 127. The summed E-state index contributed by atoms with van der Waals surface area (Å²) >= 11 is 0. The number of rotatable bonds is 6. The van der Waals surface area contributed by atoms with Crippen LogP contribution in [0, 0.1) is 6.92 Å². The minimum absolute atomic E-state index is 0. The van der Waals surface area contributed by atoms with Gasteiger partial charge in [0.25, 0.3) is 0 Å². The fraction of sp³-hybridized carbons (Fsp3) is 0.381. The summed E-state index contributed by atoms with van der Waals surface area (Å²) in [5.41, 5.74) is 2.45. The van der Waals surface area contributed by atoms with Gasteiger partial charge in [-0.15, -0.1) is 24.0 Å². The van der Waals surface area contributed by atoms with Gasteiger partial charge in [-0.25, -0.2) is 4.99 Å². The van der Waals surface area contributed by atoms with Crippen molar-refractivity contribution in [1.29, 1.82) is 0 Å². The van der Waals surface area contributed by atoms with E-state index in [4.69, 9.17) is 9.41 Å². The van der Waals surface area contributed by atoms with Crippen LogP contribution in [0.15, 0.2) is 58.0 Å². The third-order valence-electron chi connectivity index (χ3n) is 4.42. The molecule has 27 heavy (non-hydrogen) atoms. The molecule has 1 aliphatic heterocycles. The number of guanidine groups is 1. The van der Waals surface area contributed by atoms with Gasteiger partial charge in [-0.05, 0) is 50.6 Å². The summed E-state index contributed by atoms with van der Waals surface area (Å²) in [6.45, 7) is 9.54. The highest BCUT2D eigenvalue weighted by Crippen LogP contribution is 2.18. The van der Waals surface area contributed by atoms with Crippen LogP contribution < -0.4 is 15.5 Å². The summed E-state index contributed by atoms with van der Waals surface area (Å²) in [6, 6.07) is 12.7. The summed E-state index contributed by atoms with van der Waals surface area (Å²) in [4.78, 5) is 7.05. The number of hydrogen-bond donors (Lipinski definition) is 2. The molecule has 2 heterocycles. The number of anilines is 1. The van der Waals surface area contributed by atoms with Crippen LogP contribution in [0.3, 0.4) is 0 Å². The van der Waals surface area contributed by atoms with Gasteiger partial charge in [0.05, 0.1) is 12.6 Å². The van der Waals surface area contributed by atoms with E-state index >= 15 is 0 Å². The number of benzene rings is 1. The summed E-state index contributed by atoms with van der Waals surface area (Å²) in [7, 11) is 0. The van der Waals surface area contributed by atoms with E-state index in [1.165, 1.54) is 11.3 Å². The molecule has 0 amide bonds. The van der Waals surface area contributed by atoms with Crippen molar-refractivity contribution < 1.29 is 4.42 Å². The summed E-state index contributed by atoms with van der Waals surface area (Å²) < 4.78 is 5.69. The minimum atomic E-state index is 0. The molecule has 146 valence electrons. The van der Waals surface area contributed by atoms with Gasteiger partial charge in [0, 0.05) is 25.3 Å². The van der Waals surface area contributed by atoms with Crippen LogP contribution in [0.2, 0.25) is 0 Å². The van der Waals surface area contributed by atoms with Crippen LogP contribution in [0.5, 0.6) is 0 Å². The molecule has 1 aromatic heterocycles. The zero-order valence-corrected chi connectivity index (χ0v) is 18.6. The second kappa shape index (κ2) is 10.4. The van der Waals surface area contributed by atoms with Gasteiger partial charge in [0.2, 0.25) is 0 Å². The average Bonchev–Trinajstić information content (AvgIpc) is 3.32. The Kier molecular flexibility index (Phi) is 8.22. The lowest BCUT2D eigenvalue weighted by molar-refractivity contribution is 0.441. The first kappa shape index (κ1) is 21.3. The van der Waals surface area contributed by atoms with E-state index in [1.54, 1.807) is 0 Å². The molecular formula is C21H29IN4O. The van der Waals surface area contributed by atoms with Crippen molar-refractivity contribution in [3.05, 3.63) is 65.6 Å². The van der Waals surface area contributed by atoms with Gasteiger partial charge in [-0.2, -0.15) is 0 Å².